The number of aryl methyl sites for hydroxylation is 2. The summed E-state index contributed by atoms with van der Waals surface area (Å²) < 4.78 is 0. The van der Waals surface area contributed by atoms with Crippen LogP contribution < -0.4 is 11.1 Å². The van der Waals surface area contributed by atoms with Gasteiger partial charge in [-0.25, -0.2) is 0 Å². The molecule has 0 spiro atoms. The summed E-state index contributed by atoms with van der Waals surface area (Å²) in [5.74, 6) is 0.0765. The normalized spacial score (nSPS) is 19.5. The van der Waals surface area contributed by atoms with Crippen LogP contribution in [-0.4, -0.2) is 36.5 Å². The van der Waals surface area contributed by atoms with E-state index in [0.29, 0.717) is 19.1 Å². The van der Waals surface area contributed by atoms with E-state index < -0.39 is 0 Å². The van der Waals surface area contributed by atoms with Crippen molar-refractivity contribution in [2.45, 2.75) is 45.6 Å². The Labute approximate surface area is 127 Å². The maximum absolute atomic E-state index is 12.3. The highest BCUT2D eigenvalue weighted by molar-refractivity contribution is 5.93. The van der Waals surface area contributed by atoms with E-state index in [1.54, 1.807) is 0 Å². The van der Waals surface area contributed by atoms with Crippen LogP contribution in [0.4, 0.5) is 5.69 Å². The van der Waals surface area contributed by atoms with Gasteiger partial charge in [-0.3, -0.25) is 9.69 Å². The summed E-state index contributed by atoms with van der Waals surface area (Å²) in [5, 5.41) is 3.05. The molecule has 0 bridgehead atoms. The zero-order valence-electron chi connectivity index (χ0n) is 13.2. The third kappa shape index (κ3) is 4.55. The minimum absolute atomic E-state index is 0.0765. The van der Waals surface area contributed by atoms with E-state index in [1.165, 1.54) is 12.8 Å². The van der Waals surface area contributed by atoms with Crippen LogP contribution in [0.5, 0.6) is 0 Å². The van der Waals surface area contributed by atoms with Gasteiger partial charge in [0, 0.05) is 11.7 Å². The number of piperidine rings is 1. The molecule has 1 aromatic rings. The number of hydrogen-bond acceptors (Lipinski definition) is 3. The average molecular weight is 289 g/mol. The Kier molecular flexibility index (Phi) is 5.76. The summed E-state index contributed by atoms with van der Waals surface area (Å²) in [6.45, 7) is 6.23. The molecule has 0 radical (unpaired) electrons. The van der Waals surface area contributed by atoms with Crippen molar-refractivity contribution in [2.24, 2.45) is 5.73 Å². The Morgan fingerprint density at radius 1 is 1.38 bits per heavy atom. The molecule has 21 heavy (non-hydrogen) atoms. The maximum Gasteiger partial charge on any atom is 0.238 e. The Morgan fingerprint density at radius 3 is 2.95 bits per heavy atom. The van der Waals surface area contributed by atoms with Crippen molar-refractivity contribution in [3.05, 3.63) is 29.3 Å². The van der Waals surface area contributed by atoms with E-state index in [-0.39, 0.29) is 5.91 Å². The molecule has 1 unspecified atom stereocenters. The molecular weight excluding hydrogens is 262 g/mol. The first kappa shape index (κ1) is 16.0. The molecule has 1 saturated heterocycles. The fourth-order valence-corrected chi connectivity index (χ4v) is 3.03. The van der Waals surface area contributed by atoms with E-state index in [0.717, 1.165) is 36.2 Å². The first-order valence-electron chi connectivity index (χ1n) is 7.91. The third-order valence-corrected chi connectivity index (χ3v) is 4.26. The highest BCUT2D eigenvalue weighted by atomic mass is 16.2. The van der Waals surface area contributed by atoms with Crippen molar-refractivity contribution in [3.8, 4) is 0 Å². The fourth-order valence-electron chi connectivity index (χ4n) is 3.03. The molecule has 4 heteroatoms. The fraction of sp³-hybridized carbons (Fsp3) is 0.588. The molecule has 2 rings (SSSR count). The van der Waals surface area contributed by atoms with E-state index in [2.05, 4.69) is 16.3 Å². The number of nitrogens with one attached hydrogen (secondary N) is 1. The molecule has 4 nitrogen and oxygen atoms in total. The predicted molar refractivity (Wildman–Crippen MR) is 87.4 cm³/mol. The monoisotopic (exact) mass is 289 g/mol. The number of carbonyl (C=O) groups excluding carboxylic acids is 1. The van der Waals surface area contributed by atoms with Crippen molar-refractivity contribution < 1.29 is 4.79 Å². The summed E-state index contributed by atoms with van der Waals surface area (Å²) in [4.78, 5) is 14.6. The lowest BCUT2D eigenvalue weighted by molar-refractivity contribution is -0.118. The van der Waals surface area contributed by atoms with Crippen LogP contribution in [0.25, 0.3) is 0 Å². The number of hydrogen-bond donors (Lipinski definition) is 2. The molecule has 1 aromatic carbocycles. The lowest BCUT2D eigenvalue weighted by Crippen LogP contribution is -2.44. The van der Waals surface area contributed by atoms with Crippen LogP contribution in [0.3, 0.4) is 0 Å². The minimum atomic E-state index is 0.0765. The second-order valence-corrected chi connectivity index (χ2v) is 6.06. The Hall–Kier alpha value is -1.39. The first-order valence-corrected chi connectivity index (χ1v) is 7.91. The summed E-state index contributed by atoms with van der Waals surface area (Å²) in [6, 6.07) is 6.60. The summed E-state index contributed by atoms with van der Waals surface area (Å²) in [7, 11) is 0. The lowest BCUT2D eigenvalue weighted by atomic mass is 9.99. The molecule has 1 aliphatic heterocycles. The van der Waals surface area contributed by atoms with E-state index in [9.17, 15) is 4.79 Å². The molecule has 0 aliphatic carbocycles. The summed E-state index contributed by atoms with van der Waals surface area (Å²) in [6.07, 6.45) is 4.57. The van der Waals surface area contributed by atoms with Gasteiger partial charge in [0.05, 0.1) is 6.54 Å². The van der Waals surface area contributed by atoms with Crippen molar-refractivity contribution >= 4 is 11.6 Å². The molecule has 3 N–H and O–H groups in total. The van der Waals surface area contributed by atoms with Crippen molar-refractivity contribution in [3.63, 3.8) is 0 Å². The summed E-state index contributed by atoms with van der Waals surface area (Å²) >= 11 is 0. The Morgan fingerprint density at radius 2 is 2.19 bits per heavy atom. The SMILES string of the molecule is Cc1ccc(C)c(NC(=O)CN2CCCCC2CCN)c1. The largest absolute Gasteiger partial charge is 0.330 e. The van der Waals surface area contributed by atoms with Gasteiger partial charge in [-0.2, -0.15) is 0 Å². The van der Waals surface area contributed by atoms with Gasteiger partial charge in [-0.15, -0.1) is 0 Å². The van der Waals surface area contributed by atoms with Crippen LogP contribution >= 0.6 is 0 Å². The quantitative estimate of drug-likeness (QED) is 0.875. The van der Waals surface area contributed by atoms with Gasteiger partial charge in [0.25, 0.3) is 0 Å². The molecule has 1 atom stereocenters. The number of nitrogens with two attached hydrogens (primary N) is 1. The van der Waals surface area contributed by atoms with Gasteiger partial charge in [0.1, 0.15) is 0 Å². The minimum Gasteiger partial charge on any atom is -0.330 e. The predicted octanol–water partition coefficient (Wildman–Crippen LogP) is 2.45. The number of likely N-dealkylation sites (tertiary alicyclic amines) is 1. The zero-order chi connectivity index (χ0) is 15.2. The molecule has 0 saturated carbocycles. The number of nitrogens with zero attached hydrogens (tertiary/aromatic N) is 1. The number of amides is 1. The zero-order valence-corrected chi connectivity index (χ0v) is 13.2. The van der Waals surface area contributed by atoms with Gasteiger partial charge < -0.3 is 11.1 Å². The number of carbonyl (C=O) groups is 1. The first-order chi connectivity index (χ1) is 10.1. The molecule has 1 heterocycles. The highest BCUT2D eigenvalue weighted by Gasteiger charge is 2.23. The molecule has 1 fully saturated rings. The maximum atomic E-state index is 12.3. The van der Waals surface area contributed by atoms with Gasteiger partial charge >= 0.3 is 0 Å². The standard InChI is InChI=1S/C17H27N3O/c1-13-6-7-14(2)16(11-13)19-17(21)12-20-10-4-3-5-15(20)8-9-18/h6-7,11,15H,3-5,8-10,12,18H2,1-2H3,(H,19,21). The second kappa shape index (κ2) is 7.57. The Bertz CT molecular complexity index is 485. The van der Waals surface area contributed by atoms with Gasteiger partial charge in [0.2, 0.25) is 5.91 Å². The van der Waals surface area contributed by atoms with Crippen LogP contribution in [-0.2, 0) is 4.79 Å². The van der Waals surface area contributed by atoms with Crippen molar-refractivity contribution in [1.29, 1.82) is 0 Å². The average Bonchev–Trinajstić information content (AvgIpc) is 2.45. The summed E-state index contributed by atoms with van der Waals surface area (Å²) in [5.41, 5.74) is 8.87. The van der Waals surface area contributed by atoms with E-state index >= 15 is 0 Å². The van der Waals surface area contributed by atoms with E-state index in [1.807, 2.05) is 26.0 Å². The molecule has 1 aliphatic rings. The topological polar surface area (TPSA) is 58.4 Å². The number of anilines is 1. The van der Waals surface area contributed by atoms with Crippen LogP contribution in [0, 0.1) is 13.8 Å². The lowest BCUT2D eigenvalue weighted by Gasteiger charge is -2.35. The van der Waals surface area contributed by atoms with E-state index in [4.69, 9.17) is 5.73 Å². The van der Waals surface area contributed by atoms with Crippen molar-refractivity contribution in [1.82, 2.24) is 4.90 Å². The van der Waals surface area contributed by atoms with Crippen LogP contribution in [0.1, 0.15) is 36.8 Å². The smallest absolute Gasteiger partial charge is 0.238 e. The van der Waals surface area contributed by atoms with Gasteiger partial charge in [-0.05, 0) is 63.4 Å². The second-order valence-electron chi connectivity index (χ2n) is 6.06. The Balaban J connectivity index is 1.95. The van der Waals surface area contributed by atoms with Crippen LogP contribution in [0.15, 0.2) is 18.2 Å². The van der Waals surface area contributed by atoms with Crippen molar-refractivity contribution in [2.75, 3.05) is 25.0 Å². The third-order valence-electron chi connectivity index (χ3n) is 4.26. The van der Waals surface area contributed by atoms with Gasteiger partial charge in [0.15, 0.2) is 0 Å². The van der Waals surface area contributed by atoms with Crippen LogP contribution in [0.2, 0.25) is 0 Å². The molecule has 1 amide bonds. The highest BCUT2D eigenvalue weighted by Crippen LogP contribution is 2.20. The number of rotatable bonds is 5. The number of benzene rings is 1. The molecule has 0 aromatic heterocycles. The van der Waals surface area contributed by atoms with Gasteiger partial charge in [-0.1, -0.05) is 18.6 Å². The molecular formula is C17H27N3O. The molecule has 116 valence electrons.